The second-order valence-electron chi connectivity index (χ2n) is 5.20. The lowest BCUT2D eigenvalue weighted by Crippen LogP contribution is -2.32. The molecule has 24 heavy (non-hydrogen) atoms. The van der Waals surface area contributed by atoms with Crippen LogP contribution < -0.4 is 15.4 Å². The van der Waals surface area contributed by atoms with Gasteiger partial charge in [0.15, 0.2) is 0 Å². The zero-order valence-electron chi connectivity index (χ0n) is 13.3. The minimum atomic E-state index is -0.927. The van der Waals surface area contributed by atoms with Crippen molar-refractivity contribution in [3.05, 3.63) is 57.8 Å². The Kier molecular flexibility index (Phi) is 6.16. The number of aliphatic hydroxyl groups excluding tert-OH is 1. The van der Waals surface area contributed by atoms with Gasteiger partial charge in [-0.2, -0.15) is 0 Å². The Hall–Kier alpha value is -2.12. The molecule has 2 aromatic rings. The number of carbonyl (C=O) groups is 1. The summed E-state index contributed by atoms with van der Waals surface area (Å²) >= 11 is 3.37. The highest BCUT2D eigenvalue weighted by Crippen LogP contribution is 2.31. The smallest absolute Gasteiger partial charge is 0.319 e. The Morgan fingerprint density at radius 1 is 1.33 bits per heavy atom. The third-order valence-corrected chi connectivity index (χ3v) is 3.89. The second kappa shape index (κ2) is 8.12. The Morgan fingerprint density at radius 2 is 2.00 bits per heavy atom. The summed E-state index contributed by atoms with van der Waals surface area (Å²) in [7, 11) is 1.52. The van der Waals surface area contributed by atoms with Crippen LogP contribution in [0.5, 0.6) is 5.75 Å². The summed E-state index contributed by atoms with van der Waals surface area (Å²) in [6, 6.07) is 8.59. The first-order chi connectivity index (χ1) is 11.4. The van der Waals surface area contributed by atoms with E-state index < -0.39 is 12.1 Å². The minimum absolute atomic E-state index is 0.00461. The van der Waals surface area contributed by atoms with Gasteiger partial charge in [-0.15, -0.1) is 0 Å². The number of amides is 2. The van der Waals surface area contributed by atoms with E-state index in [0.29, 0.717) is 17.0 Å². The molecular weight excluding hydrogens is 379 g/mol. The Morgan fingerprint density at radius 3 is 2.62 bits per heavy atom. The maximum Gasteiger partial charge on any atom is 0.319 e. The van der Waals surface area contributed by atoms with Crippen molar-refractivity contribution in [2.24, 2.45) is 0 Å². The van der Waals surface area contributed by atoms with Crippen LogP contribution in [0.3, 0.4) is 0 Å². The topological polar surface area (TPSA) is 70.6 Å². The number of rotatable bonds is 5. The van der Waals surface area contributed by atoms with Crippen molar-refractivity contribution in [3.63, 3.8) is 0 Å². The van der Waals surface area contributed by atoms with E-state index in [1.54, 1.807) is 6.07 Å². The SMILES string of the molecule is COc1cc(Br)cc(C)c1NC(=O)NCC(O)c1ccc(F)cc1. The highest BCUT2D eigenvalue weighted by atomic mass is 79.9. The van der Waals surface area contributed by atoms with E-state index >= 15 is 0 Å². The normalized spacial score (nSPS) is 11.7. The molecule has 0 spiro atoms. The number of carbonyl (C=O) groups excluding carboxylic acids is 1. The van der Waals surface area contributed by atoms with Gasteiger partial charge in [-0.25, -0.2) is 9.18 Å². The van der Waals surface area contributed by atoms with Crippen molar-refractivity contribution in [2.75, 3.05) is 19.0 Å². The number of halogens is 2. The van der Waals surface area contributed by atoms with Gasteiger partial charge in [-0.3, -0.25) is 0 Å². The van der Waals surface area contributed by atoms with Crippen molar-refractivity contribution < 1.29 is 19.0 Å². The zero-order valence-corrected chi connectivity index (χ0v) is 14.9. The molecule has 2 rings (SSSR count). The number of benzene rings is 2. The first-order valence-electron chi connectivity index (χ1n) is 7.23. The van der Waals surface area contributed by atoms with Gasteiger partial charge in [-0.05, 0) is 42.3 Å². The summed E-state index contributed by atoms with van der Waals surface area (Å²) in [6.07, 6.45) is -0.927. The molecule has 0 saturated heterocycles. The van der Waals surface area contributed by atoms with Crippen LogP contribution in [-0.4, -0.2) is 24.8 Å². The van der Waals surface area contributed by atoms with Crippen LogP contribution in [0.25, 0.3) is 0 Å². The number of hydrogen-bond donors (Lipinski definition) is 3. The van der Waals surface area contributed by atoms with Crippen LogP contribution in [-0.2, 0) is 0 Å². The minimum Gasteiger partial charge on any atom is -0.495 e. The molecule has 1 atom stereocenters. The van der Waals surface area contributed by atoms with Crippen LogP contribution in [0.1, 0.15) is 17.2 Å². The molecule has 0 aromatic heterocycles. The molecule has 0 saturated carbocycles. The van der Waals surface area contributed by atoms with Gasteiger partial charge in [0, 0.05) is 11.0 Å². The number of nitrogens with one attached hydrogen (secondary N) is 2. The molecule has 0 fully saturated rings. The largest absolute Gasteiger partial charge is 0.495 e. The molecule has 0 heterocycles. The molecule has 0 radical (unpaired) electrons. The molecule has 7 heteroatoms. The molecule has 0 bridgehead atoms. The first kappa shape index (κ1) is 18.2. The molecule has 0 aliphatic heterocycles. The maximum absolute atomic E-state index is 12.9. The van der Waals surface area contributed by atoms with Gasteiger partial charge in [0.25, 0.3) is 0 Å². The summed E-state index contributed by atoms with van der Waals surface area (Å²) in [5.41, 5.74) is 1.90. The number of aliphatic hydroxyl groups is 1. The standard InChI is InChI=1S/C17H18BrFN2O3/c1-10-7-12(18)8-15(24-2)16(10)21-17(23)20-9-14(22)11-3-5-13(19)6-4-11/h3-8,14,22H,9H2,1-2H3,(H2,20,21,23). The summed E-state index contributed by atoms with van der Waals surface area (Å²) in [4.78, 5) is 12.0. The molecular formula is C17H18BrFN2O3. The molecule has 0 aliphatic carbocycles. The lowest BCUT2D eigenvalue weighted by atomic mass is 10.1. The number of aryl methyl sites for hydroxylation is 1. The van der Waals surface area contributed by atoms with Gasteiger partial charge >= 0.3 is 6.03 Å². The van der Waals surface area contributed by atoms with E-state index in [1.807, 2.05) is 13.0 Å². The number of anilines is 1. The molecule has 5 nitrogen and oxygen atoms in total. The Bertz CT molecular complexity index is 723. The number of methoxy groups -OCH3 is 1. The Labute approximate surface area is 148 Å². The molecule has 2 amide bonds. The number of hydrogen-bond acceptors (Lipinski definition) is 3. The van der Waals surface area contributed by atoms with Gasteiger partial charge in [0.05, 0.1) is 18.9 Å². The van der Waals surface area contributed by atoms with Gasteiger partial charge < -0.3 is 20.5 Å². The van der Waals surface area contributed by atoms with E-state index in [0.717, 1.165) is 10.0 Å². The van der Waals surface area contributed by atoms with Crippen LogP contribution in [0.15, 0.2) is 40.9 Å². The molecule has 1 unspecified atom stereocenters. The number of urea groups is 1. The fraction of sp³-hybridized carbons (Fsp3) is 0.235. The predicted molar refractivity (Wildman–Crippen MR) is 93.8 cm³/mol. The van der Waals surface area contributed by atoms with E-state index in [-0.39, 0.29) is 12.4 Å². The van der Waals surface area contributed by atoms with Crippen molar-refractivity contribution in [2.45, 2.75) is 13.0 Å². The lowest BCUT2D eigenvalue weighted by molar-refractivity contribution is 0.175. The molecule has 0 aliphatic rings. The third kappa shape index (κ3) is 4.69. The first-order valence-corrected chi connectivity index (χ1v) is 8.02. The van der Waals surface area contributed by atoms with Crippen LogP contribution in [0.2, 0.25) is 0 Å². The second-order valence-corrected chi connectivity index (χ2v) is 6.12. The van der Waals surface area contributed by atoms with E-state index in [9.17, 15) is 14.3 Å². The van der Waals surface area contributed by atoms with Crippen LogP contribution in [0.4, 0.5) is 14.9 Å². The van der Waals surface area contributed by atoms with Gasteiger partial charge in [0.1, 0.15) is 11.6 Å². The van der Waals surface area contributed by atoms with Crippen molar-refractivity contribution >= 4 is 27.6 Å². The van der Waals surface area contributed by atoms with Crippen molar-refractivity contribution in [1.29, 1.82) is 0 Å². The zero-order chi connectivity index (χ0) is 17.7. The highest BCUT2D eigenvalue weighted by molar-refractivity contribution is 9.10. The fourth-order valence-corrected chi connectivity index (χ4v) is 2.73. The Balaban J connectivity index is 1.97. The van der Waals surface area contributed by atoms with E-state index in [1.165, 1.54) is 31.4 Å². The van der Waals surface area contributed by atoms with Crippen molar-refractivity contribution in [3.8, 4) is 5.75 Å². The monoisotopic (exact) mass is 396 g/mol. The van der Waals surface area contributed by atoms with E-state index in [2.05, 4.69) is 26.6 Å². The van der Waals surface area contributed by atoms with Crippen molar-refractivity contribution in [1.82, 2.24) is 5.32 Å². The van der Waals surface area contributed by atoms with Crippen LogP contribution in [0, 0.1) is 12.7 Å². The average molecular weight is 397 g/mol. The molecule has 2 aromatic carbocycles. The summed E-state index contributed by atoms with van der Waals surface area (Å²) < 4.78 is 19.0. The maximum atomic E-state index is 12.9. The average Bonchev–Trinajstić information content (AvgIpc) is 2.55. The summed E-state index contributed by atoms with van der Waals surface area (Å²) in [5, 5.41) is 15.3. The van der Waals surface area contributed by atoms with Gasteiger partial charge in [0.2, 0.25) is 0 Å². The third-order valence-electron chi connectivity index (χ3n) is 3.43. The summed E-state index contributed by atoms with van der Waals surface area (Å²) in [6.45, 7) is 1.84. The van der Waals surface area contributed by atoms with Gasteiger partial charge in [-0.1, -0.05) is 28.1 Å². The molecule has 3 N–H and O–H groups in total. The fourth-order valence-electron chi connectivity index (χ4n) is 2.18. The van der Waals surface area contributed by atoms with E-state index in [4.69, 9.17) is 4.74 Å². The summed E-state index contributed by atoms with van der Waals surface area (Å²) in [5.74, 6) is 0.144. The number of ether oxygens (including phenoxy) is 1. The predicted octanol–water partition coefficient (Wildman–Crippen LogP) is 3.76. The highest BCUT2D eigenvalue weighted by Gasteiger charge is 2.13. The quantitative estimate of drug-likeness (QED) is 0.720. The van der Waals surface area contributed by atoms with Crippen LogP contribution >= 0.6 is 15.9 Å². The lowest BCUT2D eigenvalue weighted by Gasteiger charge is -2.16. The molecule has 128 valence electrons.